The topological polar surface area (TPSA) is 78.9 Å². The normalized spacial score (nSPS) is 17.4. The molecule has 1 rings (SSSR count). The lowest BCUT2D eigenvalue weighted by Crippen LogP contribution is -2.50. The molecular formula is C12H22N2O4. The van der Waals surface area contributed by atoms with Gasteiger partial charge in [-0.25, -0.2) is 4.79 Å². The lowest BCUT2D eigenvalue weighted by atomic mass is 10.2. The fourth-order valence-electron chi connectivity index (χ4n) is 1.79. The van der Waals surface area contributed by atoms with E-state index in [4.69, 9.17) is 4.74 Å². The lowest BCUT2D eigenvalue weighted by molar-refractivity contribution is -0.133. The molecule has 1 fully saturated rings. The van der Waals surface area contributed by atoms with Gasteiger partial charge in [0.2, 0.25) is 5.91 Å². The summed E-state index contributed by atoms with van der Waals surface area (Å²) in [6.45, 7) is 6.17. The minimum absolute atomic E-state index is 0.249. The number of nitrogens with zero attached hydrogens (tertiary/aromatic N) is 1. The Bertz CT molecular complexity index is 306. The zero-order valence-corrected chi connectivity index (χ0v) is 11.2. The SMILES string of the molecule is CC(C)(C)OC(=O)NC(CO)C(=O)N1CCCC1. The van der Waals surface area contributed by atoms with Crippen molar-refractivity contribution in [1.82, 2.24) is 10.2 Å². The summed E-state index contributed by atoms with van der Waals surface area (Å²) in [6, 6.07) is -0.919. The Balaban J connectivity index is 2.50. The van der Waals surface area contributed by atoms with E-state index < -0.39 is 24.3 Å². The van der Waals surface area contributed by atoms with Gasteiger partial charge in [-0.1, -0.05) is 0 Å². The van der Waals surface area contributed by atoms with Gasteiger partial charge in [-0.3, -0.25) is 4.79 Å². The molecule has 0 radical (unpaired) electrons. The van der Waals surface area contributed by atoms with Gasteiger partial charge < -0.3 is 20.1 Å². The minimum atomic E-state index is -0.919. The van der Waals surface area contributed by atoms with Crippen molar-refractivity contribution < 1.29 is 19.4 Å². The van der Waals surface area contributed by atoms with Crippen LogP contribution < -0.4 is 5.32 Å². The third kappa shape index (κ3) is 4.52. The maximum atomic E-state index is 12.0. The van der Waals surface area contributed by atoms with Gasteiger partial charge >= 0.3 is 6.09 Å². The van der Waals surface area contributed by atoms with E-state index in [0.29, 0.717) is 13.1 Å². The molecule has 1 aliphatic heterocycles. The maximum Gasteiger partial charge on any atom is 0.408 e. The Morgan fingerprint density at radius 1 is 1.33 bits per heavy atom. The molecule has 1 aliphatic rings. The second-order valence-electron chi connectivity index (χ2n) is 5.41. The fourth-order valence-corrected chi connectivity index (χ4v) is 1.79. The summed E-state index contributed by atoms with van der Waals surface area (Å²) in [6.07, 6.45) is 1.25. The standard InChI is InChI=1S/C12H22N2O4/c1-12(2,3)18-11(17)13-9(8-15)10(16)14-6-4-5-7-14/h9,15H,4-8H2,1-3H3,(H,13,17). The summed E-state index contributed by atoms with van der Waals surface area (Å²) >= 11 is 0. The van der Waals surface area contributed by atoms with Crippen LogP contribution in [0.15, 0.2) is 0 Å². The highest BCUT2D eigenvalue weighted by Gasteiger charge is 2.28. The molecule has 104 valence electrons. The van der Waals surface area contributed by atoms with Crippen LogP contribution in [0, 0.1) is 0 Å². The second-order valence-corrected chi connectivity index (χ2v) is 5.41. The van der Waals surface area contributed by atoms with Crippen LogP contribution in [0.5, 0.6) is 0 Å². The van der Waals surface area contributed by atoms with Crippen molar-refractivity contribution in [3.8, 4) is 0 Å². The number of ether oxygens (including phenoxy) is 1. The average molecular weight is 258 g/mol. The van der Waals surface area contributed by atoms with E-state index in [1.165, 1.54) is 0 Å². The summed E-state index contributed by atoms with van der Waals surface area (Å²) in [4.78, 5) is 25.2. The summed E-state index contributed by atoms with van der Waals surface area (Å²) in [5, 5.41) is 11.6. The third-order valence-corrected chi connectivity index (χ3v) is 2.59. The molecule has 0 aromatic carbocycles. The molecule has 6 nitrogen and oxygen atoms in total. The van der Waals surface area contributed by atoms with Crippen molar-refractivity contribution >= 4 is 12.0 Å². The predicted octanol–water partition coefficient (Wildman–Crippen LogP) is 0.494. The van der Waals surface area contributed by atoms with Crippen molar-refractivity contribution in [2.24, 2.45) is 0 Å². The quantitative estimate of drug-likeness (QED) is 0.772. The molecule has 1 unspecified atom stereocenters. The Morgan fingerprint density at radius 3 is 2.33 bits per heavy atom. The highest BCUT2D eigenvalue weighted by Crippen LogP contribution is 2.10. The van der Waals surface area contributed by atoms with E-state index in [0.717, 1.165) is 12.8 Å². The number of carbonyl (C=O) groups excluding carboxylic acids is 2. The van der Waals surface area contributed by atoms with E-state index in [2.05, 4.69) is 5.32 Å². The van der Waals surface area contributed by atoms with Crippen LogP contribution in [0.3, 0.4) is 0 Å². The van der Waals surface area contributed by atoms with Gasteiger partial charge in [0.25, 0.3) is 0 Å². The molecule has 2 N–H and O–H groups in total. The van der Waals surface area contributed by atoms with E-state index in [-0.39, 0.29) is 5.91 Å². The largest absolute Gasteiger partial charge is 0.444 e. The van der Waals surface area contributed by atoms with Gasteiger partial charge in [-0.2, -0.15) is 0 Å². The van der Waals surface area contributed by atoms with Gasteiger partial charge in [-0.05, 0) is 33.6 Å². The van der Waals surface area contributed by atoms with Gasteiger partial charge in [0, 0.05) is 13.1 Å². The number of hydrogen-bond donors (Lipinski definition) is 2. The third-order valence-electron chi connectivity index (χ3n) is 2.59. The highest BCUT2D eigenvalue weighted by atomic mass is 16.6. The first-order valence-electron chi connectivity index (χ1n) is 6.22. The number of hydrogen-bond acceptors (Lipinski definition) is 4. The first-order chi connectivity index (χ1) is 8.33. The number of rotatable bonds is 3. The van der Waals surface area contributed by atoms with Crippen LogP contribution in [-0.4, -0.2) is 53.3 Å². The van der Waals surface area contributed by atoms with Crippen LogP contribution in [-0.2, 0) is 9.53 Å². The van der Waals surface area contributed by atoms with Gasteiger partial charge in [0.1, 0.15) is 11.6 Å². The van der Waals surface area contributed by atoms with Crippen molar-refractivity contribution in [3.63, 3.8) is 0 Å². The van der Waals surface area contributed by atoms with Gasteiger partial charge in [-0.15, -0.1) is 0 Å². The average Bonchev–Trinajstić information content (AvgIpc) is 2.75. The molecule has 1 saturated heterocycles. The maximum absolute atomic E-state index is 12.0. The Labute approximate surface area is 107 Å². The number of alkyl carbamates (subject to hydrolysis) is 1. The molecule has 2 amide bonds. The van der Waals surface area contributed by atoms with Crippen molar-refractivity contribution in [2.75, 3.05) is 19.7 Å². The number of amides is 2. The molecule has 0 spiro atoms. The van der Waals surface area contributed by atoms with Crippen LogP contribution >= 0.6 is 0 Å². The molecule has 0 aromatic heterocycles. The lowest BCUT2D eigenvalue weighted by Gasteiger charge is -2.25. The molecule has 0 aliphatic carbocycles. The summed E-state index contributed by atoms with van der Waals surface area (Å²) in [5.74, 6) is -0.249. The smallest absolute Gasteiger partial charge is 0.408 e. The minimum Gasteiger partial charge on any atom is -0.444 e. The Hall–Kier alpha value is -1.30. The van der Waals surface area contributed by atoms with Crippen LogP contribution in [0.25, 0.3) is 0 Å². The summed E-state index contributed by atoms with van der Waals surface area (Å²) < 4.78 is 5.05. The predicted molar refractivity (Wildman–Crippen MR) is 66.1 cm³/mol. The number of nitrogens with one attached hydrogen (secondary N) is 1. The molecule has 18 heavy (non-hydrogen) atoms. The van der Waals surface area contributed by atoms with Gasteiger partial charge in [0.15, 0.2) is 0 Å². The Morgan fingerprint density at radius 2 is 1.89 bits per heavy atom. The van der Waals surface area contributed by atoms with Crippen LogP contribution in [0.4, 0.5) is 4.79 Å². The van der Waals surface area contributed by atoms with Crippen molar-refractivity contribution in [3.05, 3.63) is 0 Å². The first kappa shape index (κ1) is 14.8. The number of aliphatic hydroxyl groups is 1. The molecule has 0 aromatic rings. The fraction of sp³-hybridized carbons (Fsp3) is 0.833. The molecule has 1 heterocycles. The number of carbonyl (C=O) groups is 2. The molecule has 6 heteroatoms. The zero-order valence-electron chi connectivity index (χ0n) is 11.2. The summed E-state index contributed by atoms with van der Waals surface area (Å²) in [5.41, 5.74) is -0.624. The van der Waals surface area contributed by atoms with Crippen LogP contribution in [0.2, 0.25) is 0 Å². The second kappa shape index (κ2) is 6.04. The molecular weight excluding hydrogens is 236 g/mol. The molecule has 0 bridgehead atoms. The van der Waals surface area contributed by atoms with E-state index in [1.54, 1.807) is 25.7 Å². The Kier molecular flexibility index (Phi) is 4.95. The molecule has 0 saturated carbocycles. The van der Waals surface area contributed by atoms with Crippen molar-refractivity contribution in [1.29, 1.82) is 0 Å². The highest BCUT2D eigenvalue weighted by molar-refractivity contribution is 5.86. The van der Waals surface area contributed by atoms with E-state index in [1.807, 2.05) is 0 Å². The number of aliphatic hydroxyl groups excluding tert-OH is 1. The zero-order chi connectivity index (χ0) is 13.8. The van der Waals surface area contributed by atoms with Crippen molar-refractivity contribution in [2.45, 2.75) is 45.3 Å². The van der Waals surface area contributed by atoms with Gasteiger partial charge in [0.05, 0.1) is 6.61 Å². The molecule has 1 atom stereocenters. The summed E-state index contributed by atoms with van der Waals surface area (Å²) in [7, 11) is 0. The first-order valence-corrected chi connectivity index (χ1v) is 6.22. The van der Waals surface area contributed by atoms with E-state index >= 15 is 0 Å². The van der Waals surface area contributed by atoms with Crippen LogP contribution in [0.1, 0.15) is 33.6 Å². The monoisotopic (exact) mass is 258 g/mol. The van der Waals surface area contributed by atoms with E-state index in [9.17, 15) is 14.7 Å². The number of likely N-dealkylation sites (tertiary alicyclic amines) is 1.